The van der Waals surface area contributed by atoms with Crippen LogP contribution >= 0.6 is 15.9 Å². The molecule has 2 heterocycles. The van der Waals surface area contributed by atoms with Crippen LogP contribution in [0.3, 0.4) is 0 Å². The Labute approximate surface area is 206 Å². The Balaban J connectivity index is 1.43. The van der Waals surface area contributed by atoms with Crippen LogP contribution in [-0.2, 0) is 4.74 Å². The maximum Gasteiger partial charge on any atom is 0.250 e. The van der Waals surface area contributed by atoms with Gasteiger partial charge in [0.1, 0.15) is 0 Å². The Bertz CT molecular complexity index is 1330. The zero-order valence-electron chi connectivity index (χ0n) is 18.7. The molecule has 1 aliphatic heterocycles. The Hall–Kier alpha value is -3.56. The van der Waals surface area contributed by atoms with Gasteiger partial charge < -0.3 is 15.0 Å². The van der Waals surface area contributed by atoms with Crippen molar-refractivity contribution in [2.75, 3.05) is 41.9 Å². The Morgan fingerprint density at radius 3 is 2.62 bits per heavy atom. The fourth-order valence-electron chi connectivity index (χ4n) is 3.74. The van der Waals surface area contributed by atoms with Gasteiger partial charge in [0, 0.05) is 23.1 Å². The van der Waals surface area contributed by atoms with Crippen LogP contribution in [-0.4, -0.2) is 47.5 Å². The Morgan fingerprint density at radius 2 is 1.76 bits per heavy atom. The highest BCUT2D eigenvalue weighted by atomic mass is 79.9. The van der Waals surface area contributed by atoms with E-state index in [4.69, 9.17) is 4.74 Å². The zero-order chi connectivity index (χ0) is 23.3. The smallest absolute Gasteiger partial charge is 0.250 e. The van der Waals surface area contributed by atoms with E-state index in [1.54, 1.807) is 6.21 Å². The summed E-state index contributed by atoms with van der Waals surface area (Å²) in [5.41, 5.74) is 6.02. The summed E-state index contributed by atoms with van der Waals surface area (Å²) in [5.74, 6) is 1.37. The van der Waals surface area contributed by atoms with Crippen LogP contribution in [0.25, 0.3) is 10.8 Å². The quantitative estimate of drug-likeness (QED) is 0.271. The lowest BCUT2D eigenvalue weighted by Gasteiger charge is -2.27. The molecule has 0 spiro atoms. The molecule has 2 N–H and O–H groups in total. The van der Waals surface area contributed by atoms with Crippen LogP contribution in [0.15, 0.2) is 70.2 Å². The normalized spacial score (nSPS) is 14.0. The third-order valence-corrected chi connectivity index (χ3v) is 6.14. The third kappa shape index (κ3) is 5.16. The second-order valence-corrected chi connectivity index (χ2v) is 8.78. The zero-order valence-corrected chi connectivity index (χ0v) is 20.3. The molecule has 0 saturated carbocycles. The summed E-state index contributed by atoms with van der Waals surface area (Å²) in [6, 6.07) is 20.4. The lowest BCUT2D eigenvalue weighted by atomic mass is 10.1. The van der Waals surface area contributed by atoms with Crippen molar-refractivity contribution in [2.24, 2.45) is 5.10 Å². The van der Waals surface area contributed by atoms with E-state index >= 15 is 0 Å². The number of nitrogens with zero attached hydrogens (tertiary/aromatic N) is 5. The largest absolute Gasteiger partial charge is 0.378 e. The van der Waals surface area contributed by atoms with Gasteiger partial charge in [0.2, 0.25) is 17.8 Å². The summed E-state index contributed by atoms with van der Waals surface area (Å²) in [7, 11) is 0. The number of hydrogen-bond donors (Lipinski definition) is 2. The van der Waals surface area contributed by atoms with Crippen LogP contribution in [0.4, 0.5) is 23.5 Å². The molecule has 5 rings (SSSR count). The van der Waals surface area contributed by atoms with Gasteiger partial charge in [0.05, 0.1) is 25.1 Å². The van der Waals surface area contributed by atoms with Gasteiger partial charge in [-0.2, -0.15) is 20.1 Å². The van der Waals surface area contributed by atoms with E-state index in [1.807, 2.05) is 49.4 Å². The first-order valence-corrected chi connectivity index (χ1v) is 11.8. The maximum absolute atomic E-state index is 5.48. The van der Waals surface area contributed by atoms with Crippen molar-refractivity contribution in [1.82, 2.24) is 15.0 Å². The number of nitrogens with one attached hydrogen (secondary N) is 2. The van der Waals surface area contributed by atoms with Crippen molar-refractivity contribution in [3.05, 3.63) is 76.3 Å². The number of halogens is 1. The van der Waals surface area contributed by atoms with E-state index in [1.165, 1.54) is 0 Å². The van der Waals surface area contributed by atoms with Crippen LogP contribution in [0, 0.1) is 6.92 Å². The molecule has 172 valence electrons. The third-order valence-electron chi connectivity index (χ3n) is 5.48. The monoisotopic (exact) mass is 517 g/mol. The van der Waals surface area contributed by atoms with Gasteiger partial charge >= 0.3 is 0 Å². The van der Waals surface area contributed by atoms with Gasteiger partial charge in [0.15, 0.2) is 0 Å². The molecule has 3 aromatic carbocycles. The molecule has 0 amide bonds. The van der Waals surface area contributed by atoms with Gasteiger partial charge in [0.25, 0.3) is 0 Å². The van der Waals surface area contributed by atoms with Crippen LogP contribution in [0.1, 0.15) is 11.1 Å². The first-order chi connectivity index (χ1) is 16.7. The van der Waals surface area contributed by atoms with E-state index in [2.05, 4.69) is 69.8 Å². The summed E-state index contributed by atoms with van der Waals surface area (Å²) in [6.45, 7) is 4.76. The highest BCUT2D eigenvalue weighted by Crippen LogP contribution is 2.26. The molecule has 1 saturated heterocycles. The highest BCUT2D eigenvalue weighted by molar-refractivity contribution is 9.10. The molecule has 0 unspecified atom stereocenters. The van der Waals surface area contributed by atoms with E-state index in [0.29, 0.717) is 31.1 Å². The number of benzene rings is 3. The topological polar surface area (TPSA) is 87.6 Å². The summed E-state index contributed by atoms with van der Waals surface area (Å²) < 4.78 is 6.41. The fourth-order valence-corrected chi connectivity index (χ4v) is 4.33. The summed E-state index contributed by atoms with van der Waals surface area (Å²) in [6.07, 6.45) is 1.78. The summed E-state index contributed by atoms with van der Waals surface area (Å²) >= 11 is 3.61. The summed E-state index contributed by atoms with van der Waals surface area (Å²) in [4.78, 5) is 15.9. The number of ether oxygens (including phenoxy) is 1. The number of hydrazone groups is 1. The molecule has 1 fully saturated rings. The van der Waals surface area contributed by atoms with Gasteiger partial charge in [-0.05, 0) is 51.3 Å². The van der Waals surface area contributed by atoms with E-state index in [9.17, 15) is 0 Å². The number of aryl methyl sites for hydroxylation is 1. The second-order valence-electron chi connectivity index (χ2n) is 7.93. The predicted octanol–water partition coefficient (Wildman–Crippen LogP) is 5.12. The minimum absolute atomic E-state index is 0.360. The van der Waals surface area contributed by atoms with Crippen molar-refractivity contribution >= 4 is 56.4 Å². The number of aromatic nitrogens is 3. The van der Waals surface area contributed by atoms with Crippen molar-refractivity contribution < 1.29 is 4.74 Å². The molecular formula is C25H24BrN7O. The van der Waals surface area contributed by atoms with Crippen molar-refractivity contribution in [2.45, 2.75) is 6.92 Å². The lowest BCUT2D eigenvalue weighted by Crippen LogP contribution is -2.37. The molecule has 0 aliphatic carbocycles. The first-order valence-electron chi connectivity index (χ1n) is 11.0. The van der Waals surface area contributed by atoms with E-state index < -0.39 is 0 Å². The fraction of sp³-hybridized carbons (Fsp3) is 0.200. The highest BCUT2D eigenvalue weighted by Gasteiger charge is 2.17. The van der Waals surface area contributed by atoms with Crippen LogP contribution in [0.5, 0.6) is 0 Å². The molecule has 8 nitrogen and oxygen atoms in total. The molecule has 1 aliphatic rings. The minimum Gasteiger partial charge on any atom is -0.378 e. The molecule has 0 atom stereocenters. The number of rotatable bonds is 6. The molecule has 9 heteroatoms. The molecule has 0 bridgehead atoms. The van der Waals surface area contributed by atoms with E-state index in [-0.39, 0.29) is 0 Å². The molecule has 1 aromatic heterocycles. The number of anilines is 4. The maximum atomic E-state index is 5.48. The van der Waals surface area contributed by atoms with Gasteiger partial charge in [-0.15, -0.1) is 0 Å². The predicted molar refractivity (Wildman–Crippen MR) is 140 cm³/mol. The van der Waals surface area contributed by atoms with Crippen molar-refractivity contribution in [3.63, 3.8) is 0 Å². The molecule has 34 heavy (non-hydrogen) atoms. The van der Waals surface area contributed by atoms with Gasteiger partial charge in [-0.25, -0.2) is 5.43 Å². The SMILES string of the molecule is Cc1ccc(Nc2nc(NN=Cc3cccc4ccccc34)nc(N3CCOCC3)n2)c(Br)c1. The van der Waals surface area contributed by atoms with Crippen molar-refractivity contribution in [1.29, 1.82) is 0 Å². The molecular weight excluding hydrogens is 494 g/mol. The molecule has 4 aromatic rings. The summed E-state index contributed by atoms with van der Waals surface area (Å²) in [5, 5.41) is 10.0. The molecule has 0 radical (unpaired) electrons. The van der Waals surface area contributed by atoms with Crippen LogP contribution < -0.4 is 15.6 Å². The van der Waals surface area contributed by atoms with Crippen molar-refractivity contribution in [3.8, 4) is 0 Å². The number of hydrogen-bond acceptors (Lipinski definition) is 8. The average Bonchev–Trinajstić information content (AvgIpc) is 2.86. The standard InChI is InChI=1S/C25H24BrN7O/c1-17-9-10-22(21(26)15-17)28-23-29-24(31-25(30-23)33-11-13-34-14-12-33)32-27-16-19-7-4-6-18-5-2-3-8-20(18)19/h2-10,15-16H,11-14H2,1H3,(H2,28,29,30,31,32). The minimum atomic E-state index is 0.360. The number of morpholine rings is 1. The average molecular weight is 518 g/mol. The Morgan fingerprint density at radius 1 is 0.971 bits per heavy atom. The lowest BCUT2D eigenvalue weighted by molar-refractivity contribution is 0.122. The number of fused-ring (bicyclic) bond motifs is 1. The van der Waals surface area contributed by atoms with Gasteiger partial charge in [-0.3, -0.25) is 0 Å². The second kappa shape index (κ2) is 10.1. The van der Waals surface area contributed by atoms with Gasteiger partial charge in [-0.1, -0.05) is 48.5 Å². The van der Waals surface area contributed by atoms with E-state index in [0.717, 1.165) is 45.1 Å². The van der Waals surface area contributed by atoms with Crippen LogP contribution in [0.2, 0.25) is 0 Å². The first kappa shape index (κ1) is 22.2. The Kier molecular flexibility index (Phi) is 6.64.